The molecule has 0 saturated carbocycles. The number of nitrogens with one attached hydrogen (secondary N) is 1. The molecular formula is C25H29FN6. The van der Waals surface area contributed by atoms with Gasteiger partial charge in [0.25, 0.3) is 0 Å². The molecule has 6 nitrogen and oxygen atoms in total. The average molecular weight is 433 g/mol. The average Bonchev–Trinajstić information content (AvgIpc) is 3.13. The highest BCUT2D eigenvalue weighted by molar-refractivity contribution is 5.99. The van der Waals surface area contributed by atoms with Crippen molar-refractivity contribution in [3.05, 3.63) is 70.1 Å². The molecule has 1 aliphatic carbocycles. The van der Waals surface area contributed by atoms with Crippen LogP contribution in [-0.4, -0.2) is 45.6 Å². The van der Waals surface area contributed by atoms with E-state index in [0.717, 1.165) is 61.4 Å². The minimum absolute atomic E-state index is 0.0116. The summed E-state index contributed by atoms with van der Waals surface area (Å²) in [5.41, 5.74) is 4.53. The Balaban J connectivity index is 1.73. The number of nitrogens with zero attached hydrogens (tertiary/aromatic N) is 5. The van der Waals surface area contributed by atoms with Crippen molar-refractivity contribution >= 4 is 11.9 Å². The molecule has 0 spiro atoms. The predicted octanol–water partition coefficient (Wildman–Crippen LogP) is 4.29. The molecular weight excluding hydrogens is 403 g/mol. The van der Waals surface area contributed by atoms with Gasteiger partial charge in [-0.25, -0.2) is 4.39 Å². The molecule has 4 rings (SSSR count). The number of fused-ring (bicyclic) bond motifs is 1. The summed E-state index contributed by atoms with van der Waals surface area (Å²) < 4.78 is 16.2. The minimum atomic E-state index is -0.600. The number of halogens is 1. The number of benzene rings is 1. The van der Waals surface area contributed by atoms with Crippen molar-refractivity contribution in [1.82, 2.24) is 19.6 Å². The molecule has 2 heterocycles. The topological polar surface area (TPSA) is 71.9 Å². The molecule has 0 radical (unpaired) electrons. The van der Waals surface area contributed by atoms with Crippen molar-refractivity contribution in [3.63, 3.8) is 0 Å². The molecule has 1 aliphatic heterocycles. The van der Waals surface area contributed by atoms with Crippen LogP contribution in [0.3, 0.4) is 0 Å². The van der Waals surface area contributed by atoms with Gasteiger partial charge in [-0.05, 0) is 76.4 Å². The normalized spacial score (nSPS) is 19.2. The van der Waals surface area contributed by atoms with Crippen LogP contribution in [0.25, 0.3) is 6.08 Å². The van der Waals surface area contributed by atoms with Gasteiger partial charge >= 0.3 is 0 Å². The Hall–Kier alpha value is -3.24. The first-order valence-electron chi connectivity index (χ1n) is 11.0. The maximum atomic E-state index is 14.3. The van der Waals surface area contributed by atoms with Crippen molar-refractivity contribution in [2.75, 3.05) is 20.1 Å². The molecule has 2 aliphatic rings. The third-order valence-electron chi connectivity index (χ3n) is 6.24. The summed E-state index contributed by atoms with van der Waals surface area (Å²) in [6, 6.07) is 6.23. The summed E-state index contributed by atoms with van der Waals surface area (Å²) in [4.78, 5) is 4.27. The number of piperidine rings is 1. The molecule has 0 amide bonds. The first kappa shape index (κ1) is 22.0. The smallest absolute Gasteiger partial charge is 0.141 e. The highest BCUT2D eigenvalue weighted by Crippen LogP contribution is 2.30. The molecule has 1 saturated heterocycles. The molecule has 1 atom stereocenters. The van der Waals surface area contributed by atoms with Gasteiger partial charge in [0, 0.05) is 42.3 Å². The lowest BCUT2D eigenvalue weighted by atomic mass is 9.96. The van der Waals surface area contributed by atoms with E-state index in [9.17, 15) is 4.39 Å². The van der Waals surface area contributed by atoms with Crippen molar-refractivity contribution in [2.24, 2.45) is 13.0 Å². The van der Waals surface area contributed by atoms with Crippen LogP contribution in [0.2, 0.25) is 0 Å². The van der Waals surface area contributed by atoms with E-state index in [-0.39, 0.29) is 11.4 Å². The van der Waals surface area contributed by atoms with E-state index >= 15 is 0 Å². The number of aryl methyl sites for hydroxylation is 2. The van der Waals surface area contributed by atoms with Gasteiger partial charge in [0.1, 0.15) is 17.7 Å². The highest BCUT2D eigenvalue weighted by atomic mass is 19.1. The number of rotatable bonds is 4. The highest BCUT2D eigenvalue weighted by Gasteiger charge is 2.25. The maximum absolute atomic E-state index is 14.3. The van der Waals surface area contributed by atoms with E-state index in [1.165, 1.54) is 12.1 Å². The Bertz CT molecular complexity index is 1140. The van der Waals surface area contributed by atoms with Gasteiger partial charge < -0.3 is 9.80 Å². The van der Waals surface area contributed by atoms with E-state index in [1.807, 2.05) is 35.8 Å². The molecule has 32 heavy (non-hydrogen) atoms. The van der Waals surface area contributed by atoms with Crippen LogP contribution in [0.1, 0.15) is 48.6 Å². The molecule has 7 heteroatoms. The number of amidine groups is 1. The Kier molecular flexibility index (Phi) is 6.24. The van der Waals surface area contributed by atoms with Gasteiger partial charge in [-0.3, -0.25) is 10.1 Å². The van der Waals surface area contributed by atoms with E-state index < -0.39 is 5.82 Å². The van der Waals surface area contributed by atoms with Crippen molar-refractivity contribution in [2.45, 2.75) is 32.6 Å². The SMILES string of the molecule is C/C(=C\C1CCCN(C)C1)N(C(=N)c1ccc(C#N)c(F)c1)C1=Cc2cn(C)nc2CC1. The number of allylic oxidation sites excluding steroid dienone is 2. The molecule has 1 fully saturated rings. The summed E-state index contributed by atoms with van der Waals surface area (Å²) >= 11 is 0. The zero-order valence-electron chi connectivity index (χ0n) is 18.9. The van der Waals surface area contributed by atoms with Gasteiger partial charge in [0.2, 0.25) is 0 Å². The van der Waals surface area contributed by atoms with Crippen LogP contribution in [-0.2, 0) is 13.5 Å². The molecule has 166 valence electrons. The molecule has 1 unspecified atom stereocenters. The monoisotopic (exact) mass is 432 g/mol. The second-order valence-electron chi connectivity index (χ2n) is 8.80. The van der Waals surface area contributed by atoms with Crippen molar-refractivity contribution in [1.29, 1.82) is 10.7 Å². The summed E-state index contributed by atoms with van der Waals surface area (Å²) in [6.07, 6.45) is 10.2. The number of hydrogen-bond acceptors (Lipinski definition) is 4. The summed E-state index contributed by atoms with van der Waals surface area (Å²) in [5.74, 6) is 0.0298. The maximum Gasteiger partial charge on any atom is 0.141 e. The minimum Gasteiger partial charge on any atom is -0.306 e. The standard InChI is InChI=1S/C25H29FN6/c1-17(11-18-5-4-10-30(2)15-18)32(22-8-9-24-21(12-22)16-31(3)29-24)25(28)19-6-7-20(14-27)23(26)13-19/h6-7,11-13,16,18,28H,4-5,8-10,15H2,1-3H3/b17-11+,28-25?. The fourth-order valence-electron chi connectivity index (χ4n) is 4.73. The van der Waals surface area contributed by atoms with Crippen LogP contribution in [0.4, 0.5) is 4.39 Å². The van der Waals surface area contributed by atoms with Crippen molar-refractivity contribution in [3.8, 4) is 6.07 Å². The second-order valence-corrected chi connectivity index (χ2v) is 8.80. The third-order valence-corrected chi connectivity index (χ3v) is 6.24. The van der Waals surface area contributed by atoms with E-state index in [4.69, 9.17) is 10.7 Å². The van der Waals surface area contributed by atoms with Crippen LogP contribution in [0.5, 0.6) is 0 Å². The Morgan fingerprint density at radius 2 is 2.16 bits per heavy atom. The summed E-state index contributed by atoms with van der Waals surface area (Å²) in [7, 11) is 4.05. The number of aromatic nitrogens is 2. The number of hydrogen-bond donors (Lipinski definition) is 1. The molecule has 1 N–H and O–H groups in total. The molecule has 1 aromatic carbocycles. The van der Waals surface area contributed by atoms with Gasteiger partial charge in [0.05, 0.1) is 11.3 Å². The zero-order chi connectivity index (χ0) is 22.8. The van der Waals surface area contributed by atoms with E-state index in [0.29, 0.717) is 11.5 Å². The van der Waals surface area contributed by atoms with Crippen LogP contribution in [0, 0.1) is 28.5 Å². The predicted molar refractivity (Wildman–Crippen MR) is 123 cm³/mol. The van der Waals surface area contributed by atoms with Crippen LogP contribution in [0.15, 0.2) is 41.9 Å². The fraction of sp³-hybridized carbons (Fsp3) is 0.400. The Morgan fingerprint density at radius 3 is 2.88 bits per heavy atom. The second kappa shape index (κ2) is 9.09. The zero-order valence-corrected chi connectivity index (χ0v) is 18.9. The number of likely N-dealkylation sites (tertiary alicyclic amines) is 1. The van der Waals surface area contributed by atoms with Gasteiger partial charge in [-0.2, -0.15) is 10.4 Å². The Labute approximate surface area is 188 Å². The lowest BCUT2D eigenvalue weighted by molar-refractivity contribution is 0.236. The largest absolute Gasteiger partial charge is 0.306 e. The number of nitriles is 1. The lowest BCUT2D eigenvalue weighted by Crippen LogP contribution is -2.33. The first-order chi connectivity index (χ1) is 15.4. The first-order valence-corrected chi connectivity index (χ1v) is 11.0. The van der Waals surface area contributed by atoms with Gasteiger partial charge in [-0.1, -0.05) is 6.08 Å². The van der Waals surface area contributed by atoms with E-state index in [2.05, 4.69) is 29.2 Å². The van der Waals surface area contributed by atoms with Crippen LogP contribution < -0.4 is 0 Å². The quantitative estimate of drug-likeness (QED) is 0.578. The Morgan fingerprint density at radius 1 is 1.34 bits per heavy atom. The molecule has 2 aromatic rings. The van der Waals surface area contributed by atoms with E-state index in [1.54, 1.807) is 6.07 Å². The third kappa shape index (κ3) is 4.51. The summed E-state index contributed by atoms with van der Waals surface area (Å²) in [6.45, 7) is 4.14. The van der Waals surface area contributed by atoms with Gasteiger partial charge in [0.15, 0.2) is 0 Å². The van der Waals surface area contributed by atoms with Crippen molar-refractivity contribution < 1.29 is 4.39 Å². The molecule has 0 bridgehead atoms. The van der Waals surface area contributed by atoms with Crippen LogP contribution >= 0.6 is 0 Å². The fourth-order valence-corrected chi connectivity index (χ4v) is 4.73. The lowest BCUT2D eigenvalue weighted by Gasteiger charge is -2.33. The summed E-state index contributed by atoms with van der Waals surface area (Å²) in [5, 5.41) is 22.6. The van der Waals surface area contributed by atoms with Gasteiger partial charge in [-0.15, -0.1) is 0 Å². The molecule has 1 aromatic heterocycles.